The molecule has 0 amide bonds. The van der Waals surface area contributed by atoms with Crippen LogP contribution in [0.2, 0.25) is 0 Å². The molecule has 0 aliphatic carbocycles. The maximum absolute atomic E-state index is 13.6. The maximum atomic E-state index is 13.6. The summed E-state index contributed by atoms with van der Waals surface area (Å²) in [5.41, 5.74) is 0.170. The van der Waals surface area contributed by atoms with Gasteiger partial charge in [0.25, 0.3) is 5.56 Å². The maximum Gasteiger partial charge on any atom is 0.416 e. The second kappa shape index (κ2) is 7.82. The predicted molar refractivity (Wildman–Crippen MR) is 131 cm³/mol. The first-order chi connectivity index (χ1) is 18.6. The molecule has 0 bridgehead atoms. The molecule has 0 unspecified atom stereocenters. The molecule has 1 N–H and O–H groups in total. The highest BCUT2D eigenvalue weighted by Gasteiger charge is 2.45. The van der Waals surface area contributed by atoms with Gasteiger partial charge in [-0.1, -0.05) is 19.1 Å². The van der Waals surface area contributed by atoms with E-state index >= 15 is 0 Å². The summed E-state index contributed by atoms with van der Waals surface area (Å²) in [5, 5.41) is 11.8. The molecule has 4 aromatic rings. The number of hydrogen-bond donors (Lipinski definition) is 1. The highest BCUT2D eigenvalue weighted by Crippen LogP contribution is 2.46. The number of ether oxygens (including phenoxy) is 3. The third kappa shape index (κ3) is 3.26. The average molecular weight is 536 g/mol. The van der Waals surface area contributed by atoms with Crippen molar-refractivity contribution in [2.24, 2.45) is 0 Å². The molecule has 0 saturated carbocycles. The number of carbonyl (C=O) groups excluding carboxylic acids is 1. The lowest BCUT2D eigenvalue weighted by atomic mass is 9.86. The van der Waals surface area contributed by atoms with E-state index in [1.54, 1.807) is 25.1 Å². The number of esters is 1. The zero-order valence-corrected chi connectivity index (χ0v) is 20.4. The van der Waals surface area contributed by atoms with E-state index in [9.17, 15) is 27.9 Å². The van der Waals surface area contributed by atoms with E-state index in [-0.39, 0.29) is 37.5 Å². The molecule has 0 spiro atoms. The van der Waals surface area contributed by atoms with Crippen LogP contribution in [0.5, 0.6) is 11.5 Å². The quantitative estimate of drug-likeness (QED) is 0.332. The standard InChI is InChI=1S/C28H19F3N2O6/c1-2-27(36)18-8-20-24-16(10-33(20)25(34)17(18)11-37-26(27)35)23(13-3-5-14(6-4-13)28(29,30)31)15-7-21-22(39-12-38-21)9-19(15)32-24/h3-9,36H,2,10-12H2,1H3/t27-/m0/s1. The van der Waals surface area contributed by atoms with Crippen molar-refractivity contribution >= 4 is 16.9 Å². The Hall–Kier alpha value is -4.38. The molecular formula is C28H19F3N2O6. The van der Waals surface area contributed by atoms with Gasteiger partial charge in [0.1, 0.15) is 6.61 Å². The van der Waals surface area contributed by atoms with E-state index in [0.717, 1.165) is 12.1 Å². The van der Waals surface area contributed by atoms with Gasteiger partial charge < -0.3 is 23.9 Å². The first-order valence-electron chi connectivity index (χ1n) is 12.2. The van der Waals surface area contributed by atoms with Gasteiger partial charge in [0, 0.05) is 22.6 Å². The molecule has 1 atom stereocenters. The number of cyclic esters (lactones) is 1. The van der Waals surface area contributed by atoms with Gasteiger partial charge >= 0.3 is 12.1 Å². The summed E-state index contributed by atoms with van der Waals surface area (Å²) in [7, 11) is 0. The molecule has 11 heteroatoms. The van der Waals surface area contributed by atoms with Crippen molar-refractivity contribution in [3.05, 3.63) is 75.1 Å². The normalized spacial score (nSPS) is 19.1. The SMILES string of the molecule is CC[C@@]1(O)C(=O)OCc2c1cc1n(c2=O)Cc2c-1nc1cc3c(cc1c2-c1ccc(C(F)(F)F)cc1)OCO3. The summed E-state index contributed by atoms with van der Waals surface area (Å²) in [4.78, 5) is 30.9. The molecule has 5 heterocycles. The first-order valence-corrected chi connectivity index (χ1v) is 12.2. The predicted octanol–water partition coefficient (Wildman–Crippen LogP) is 4.49. The van der Waals surface area contributed by atoms with E-state index in [1.165, 1.54) is 16.7 Å². The number of hydrogen-bond acceptors (Lipinski definition) is 7. The summed E-state index contributed by atoms with van der Waals surface area (Å²) in [6, 6.07) is 9.82. The summed E-state index contributed by atoms with van der Waals surface area (Å²) in [6.45, 7) is 1.46. The lowest BCUT2D eigenvalue weighted by Gasteiger charge is -2.31. The molecule has 0 radical (unpaired) electrons. The number of rotatable bonds is 2. The smallest absolute Gasteiger partial charge is 0.416 e. The summed E-state index contributed by atoms with van der Waals surface area (Å²) < 4.78 is 57.6. The summed E-state index contributed by atoms with van der Waals surface area (Å²) >= 11 is 0. The molecule has 7 rings (SSSR count). The Kier molecular flexibility index (Phi) is 4.76. The van der Waals surface area contributed by atoms with Crippen LogP contribution in [0, 0.1) is 0 Å². The minimum absolute atomic E-state index is 0.0000124. The molecule has 198 valence electrons. The number of nitrogens with zero attached hydrogens (tertiary/aromatic N) is 2. The molecule has 0 saturated heterocycles. The Morgan fingerprint density at radius 3 is 2.44 bits per heavy atom. The van der Waals surface area contributed by atoms with Crippen LogP contribution >= 0.6 is 0 Å². The van der Waals surface area contributed by atoms with Crippen LogP contribution in [0.3, 0.4) is 0 Å². The van der Waals surface area contributed by atoms with Gasteiger partial charge in [-0.2, -0.15) is 13.2 Å². The van der Waals surface area contributed by atoms with E-state index in [4.69, 9.17) is 19.2 Å². The van der Waals surface area contributed by atoms with Crippen molar-refractivity contribution in [2.75, 3.05) is 6.79 Å². The van der Waals surface area contributed by atoms with Gasteiger partial charge in [-0.15, -0.1) is 0 Å². The van der Waals surface area contributed by atoms with Crippen molar-refractivity contribution in [3.63, 3.8) is 0 Å². The second-order valence-electron chi connectivity index (χ2n) is 9.71. The van der Waals surface area contributed by atoms with Gasteiger partial charge in [-0.3, -0.25) is 4.79 Å². The van der Waals surface area contributed by atoms with Crippen molar-refractivity contribution in [3.8, 4) is 34.0 Å². The third-order valence-electron chi connectivity index (χ3n) is 7.68. The van der Waals surface area contributed by atoms with Crippen LogP contribution in [0.1, 0.15) is 35.6 Å². The fourth-order valence-corrected chi connectivity index (χ4v) is 5.63. The number of alkyl halides is 3. The topological polar surface area (TPSA) is 99.9 Å². The van der Waals surface area contributed by atoms with Crippen LogP contribution in [0.15, 0.2) is 47.3 Å². The molecule has 3 aliphatic rings. The largest absolute Gasteiger partial charge is 0.458 e. The second-order valence-corrected chi connectivity index (χ2v) is 9.71. The van der Waals surface area contributed by atoms with Gasteiger partial charge in [0.15, 0.2) is 17.1 Å². The molecule has 8 nitrogen and oxygen atoms in total. The molecule has 3 aliphatic heterocycles. The summed E-state index contributed by atoms with van der Waals surface area (Å²) in [5.74, 6) is 0.117. The van der Waals surface area contributed by atoms with Crippen LogP contribution in [-0.4, -0.2) is 27.4 Å². The van der Waals surface area contributed by atoms with Crippen LogP contribution < -0.4 is 15.0 Å². The molecular weight excluding hydrogens is 517 g/mol. The van der Waals surface area contributed by atoms with Gasteiger partial charge in [-0.25, -0.2) is 9.78 Å². The zero-order valence-electron chi connectivity index (χ0n) is 20.4. The average Bonchev–Trinajstić information content (AvgIpc) is 3.52. The van der Waals surface area contributed by atoms with Crippen molar-refractivity contribution < 1.29 is 37.3 Å². The lowest BCUT2D eigenvalue weighted by molar-refractivity contribution is -0.172. The van der Waals surface area contributed by atoms with E-state index in [1.807, 2.05) is 0 Å². The minimum Gasteiger partial charge on any atom is -0.458 e. The van der Waals surface area contributed by atoms with Crippen LogP contribution in [0.25, 0.3) is 33.4 Å². The Labute approximate surface area is 218 Å². The number of pyridine rings is 2. The van der Waals surface area contributed by atoms with Crippen LogP contribution in [-0.2, 0) is 34.5 Å². The van der Waals surface area contributed by atoms with E-state index in [2.05, 4.69) is 0 Å². The van der Waals surface area contributed by atoms with Crippen molar-refractivity contribution in [1.29, 1.82) is 0 Å². The zero-order chi connectivity index (χ0) is 27.3. The highest BCUT2D eigenvalue weighted by molar-refractivity contribution is 6.01. The molecule has 39 heavy (non-hydrogen) atoms. The highest BCUT2D eigenvalue weighted by atomic mass is 19.4. The molecule has 2 aromatic carbocycles. The number of benzene rings is 2. The fraction of sp³-hybridized carbons (Fsp3) is 0.250. The van der Waals surface area contributed by atoms with Crippen molar-refractivity contribution in [1.82, 2.24) is 9.55 Å². The Bertz CT molecular complexity index is 1800. The van der Waals surface area contributed by atoms with E-state index < -0.39 is 28.9 Å². The van der Waals surface area contributed by atoms with Gasteiger partial charge in [0.2, 0.25) is 6.79 Å². The lowest BCUT2D eigenvalue weighted by Crippen LogP contribution is -2.44. The third-order valence-corrected chi connectivity index (χ3v) is 7.68. The number of aliphatic hydroxyl groups is 1. The van der Waals surface area contributed by atoms with Crippen molar-refractivity contribution in [2.45, 2.75) is 38.3 Å². The van der Waals surface area contributed by atoms with E-state index in [0.29, 0.717) is 50.5 Å². The van der Waals surface area contributed by atoms with Crippen LogP contribution in [0.4, 0.5) is 13.2 Å². The summed E-state index contributed by atoms with van der Waals surface area (Å²) in [6.07, 6.45) is -4.50. The minimum atomic E-state index is -4.50. The Morgan fingerprint density at radius 2 is 1.74 bits per heavy atom. The molecule has 0 fully saturated rings. The van der Waals surface area contributed by atoms with Gasteiger partial charge in [0.05, 0.1) is 34.6 Å². The number of aromatic nitrogens is 2. The fourth-order valence-electron chi connectivity index (χ4n) is 5.63. The Balaban J connectivity index is 1.52. The number of fused-ring (bicyclic) bond motifs is 6. The monoisotopic (exact) mass is 536 g/mol. The first kappa shape index (κ1) is 23.7. The molecule has 2 aromatic heterocycles. The number of carbonyl (C=O) groups is 1. The van der Waals surface area contributed by atoms with Gasteiger partial charge in [-0.05, 0) is 41.8 Å². The number of halogens is 3. The Morgan fingerprint density at radius 1 is 1.03 bits per heavy atom.